The number of aromatic nitrogens is 3. The van der Waals surface area contributed by atoms with E-state index in [9.17, 15) is 14.7 Å². The van der Waals surface area contributed by atoms with E-state index < -0.39 is 5.97 Å². The van der Waals surface area contributed by atoms with Crippen LogP contribution >= 0.6 is 33.9 Å². The number of methoxy groups -OCH3 is 1. The maximum atomic E-state index is 12.8. The highest BCUT2D eigenvalue weighted by molar-refractivity contribution is 14.1. The maximum absolute atomic E-state index is 12.8. The monoisotopic (exact) mass is 590 g/mol. The molecule has 1 saturated heterocycles. The number of nitrogens with one attached hydrogen (secondary N) is 2. The van der Waals surface area contributed by atoms with Crippen molar-refractivity contribution in [2.75, 3.05) is 32.2 Å². The number of thiazole rings is 1. The van der Waals surface area contributed by atoms with Crippen LogP contribution in [0.25, 0.3) is 0 Å². The average molecular weight is 590 g/mol. The summed E-state index contributed by atoms with van der Waals surface area (Å²) >= 11 is 3.47. The van der Waals surface area contributed by atoms with Crippen LogP contribution in [0.1, 0.15) is 57.6 Å². The number of halogens is 1. The third-order valence-electron chi connectivity index (χ3n) is 5.38. The number of ether oxygens (including phenoxy) is 1. The standard InChI is InChI=1S/C20H27IN6O5S/c1-5-11-13(8-21)23-17(22-11)18(28)24-12-6-7-27(9-14(12)31-3)20-25-15(19(29)30)16(33-20)10(2)26-32-4/h12,14H,5-9H2,1-4H3,(H,22,23)(H,24,28)(H,29,30)/b26-10-/t12-,14+/m1/s1. The number of aromatic carboxylic acids is 1. The number of alkyl halides is 1. The highest BCUT2D eigenvalue weighted by atomic mass is 127. The van der Waals surface area contributed by atoms with Crippen molar-refractivity contribution in [3.8, 4) is 0 Å². The molecule has 0 aromatic carbocycles. The zero-order valence-corrected chi connectivity index (χ0v) is 21.8. The first-order chi connectivity index (χ1) is 15.8. The van der Waals surface area contributed by atoms with Gasteiger partial charge in [0, 0.05) is 30.3 Å². The molecule has 1 aliphatic rings. The van der Waals surface area contributed by atoms with Gasteiger partial charge in [-0.15, -0.1) is 0 Å². The fraction of sp³-hybridized carbons (Fsp3) is 0.550. The second-order valence-corrected chi connectivity index (χ2v) is 9.17. The van der Waals surface area contributed by atoms with Crippen LogP contribution in [0.15, 0.2) is 5.16 Å². The zero-order chi connectivity index (χ0) is 24.1. The van der Waals surface area contributed by atoms with Crippen LogP contribution in [-0.4, -0.2) is 77.1 Å². The van der Waals surface area contributed by atoms with Crippen LogP contribution in [0.5, 0.6) is 0 Å². The van der Waals surface area contributed by atoms with Gasteiger partial charge in [-0.05, 0) is 19.8 Å². The first kappa shape index (κ1) is 25.4. The normalized spacial score (nSPS) is 18.9. The molecule has 0 unspecified atom stereocenters. The Balaban J connectivity index is 1.74. The summed E-state index contributed by atoms with van der Waals surface area (Å²) in [4.78, 5) is 43.5. The SMILES string of the molecule is CCc1[nH]c(C(=O)N[C@@H]2CCN(c3nc(C(=O)O)c(/C(C)=N\OC)s3)C[C@@H]2OC)nc1CI. The molecule has 3 N–H and O–H groups in total. The highest BCUT2D eigenvalue weighted by Gasteiger charge is 2.33. The lowest BCUT2D eigenvalue weighted by Crippen LogP contribution is -2.55. The smallest absolute Gasteiger partial charge is 0.356 e. The molecule has 0 aliphatic carbocycles. The number of carboxylic acid groups (broad SMARTS) is 1. The van der Waals surface area contributed by atoms with Crippen LogP contribution in [0.2, 0.25) is 0 Å². The van der Waals surface area contributed by atoms with Gasteiger partial charge in [-0.2, -0.15) is 0 Å². The Bertz CT molecular complexity index is 1020. The van der Waals surface area contributed by atoms with Crippen molar-refractivity contribution in [1.82, 2.24) is 20.3 Å². The number of nitrogens with zero attached hydrogens (tertiary/aromatic N) is 4. The number of piperidine rings is 1. The summed E-state index contributed by atoms with van der Waals surface area (Å²) in [5, 5.41) is 17.0. The highest BCUT2D eigenvalue weighted by Crippen LogP contribution is 2.30. The van der Waals surface area contributed by atoms with Crippen LogP contribution < -0.4 is 10.2 Å². The lowest BCUT2D eigenvalue weighted by molar-refractivity contribution is 0.0538. The minimum absolute atomic E-state index is 0.0618. The quantitative estimate of drug-likeness (QED) is 0.175. The van der Waals surface area contributed by atoms with Gasteiger partial charge in [0.2, 0.25) is 0 Å². The van der Waals surface area contributed by atoms with Gasteiger partial charge in [-0.1, -0.05) is 46.0 Å². The summed E-state index contributed by atoms with van der Waals surface area (Å²) in [5.74, 6) is -1.09. The van der Waals surface area contributed by atoms with Crippen LogP contribution in [0.3, 0.4) is 0 Å². The van der Waals surface area contributed by atoms with Crippen molar-refractivity contribution in [2.24, 2.45) is 5.16 Å². The van der Waals surface area contributed by atoms with Gasteiger partial charge in [0.05, 0.1) is 28.4 Å². The van der Waals surface area contributed by atoms with Gasteiger partial charge < -0.3 is 29.9 Å². The Morgan fingerprint density at radius 1 is 1.39 bits per heavy atom. The van der Waals surface area contributed by atoms with Gasteiger partial charge in [0.25, 0.3) is 5.91 Å². The Kier molecular flexibility index (Phi) is 8.64. The van der Waals surface area contributed by atoms with E-state index in [1.165, 1.54) is 18.4 Å². The number of carbonyl (C=O) groups excluding carboxylic acids is 1. The Hall–Kier alpha value is -2.26. The molecular weight excluding hydrogens is 563 g/mol. The van der Waals surface area contributed by atoms with Gasteiger partial charge in [-0.25, -0.2) is 14.8 Å². The second kappa shape index (κ2) is 11.2. The van der Waals surface area contributed by atoms with E-state index in [4.69, 9.17) is 9.57 Å². The molecule has 3 rings (SSSR count). The summed E-state index contributed by atoms with van der Waals surface area (Å²) in [6.07, 6.45) is 1.08. The lowest BCUT2D eigenvalue weighted by Gasteiger charge is -2.37. The molecule has 0 spiro atoms. The average Bonchev–Trinajstić information content (AvgIpc) is 3.44. The Morgan fingerprint density at radius 2 is 2.15 bits per heavy atom. The number of carboxylic acids is 1. The molecular formula is C20H27IN6O5S. The molecule has 0 saturated carbocycles. The zero-order valence-electron chi connectivity index (χ0n) is 18.8. The van der Waals surface area contributed by atoms with E-state index in [0.29, 0.717) is 41.1 Å². The van der Waals surface area contributed by atoms with E-state index in [-0.39, 0.29) is 23.7 Å². The number of aromatic amines is 1. The van der Waals surface area contributed by atoms with Crippen molar-refractivity contribution in [1.29, 1.82) is 0 Å². The summed E-state index contributed by atoms with van der Waals surface area (Å²) < 4.78 is 6.39. The number of anilines is 1. The van der Waals surface area contributed by atoms with Crippen LogP contribution in [-0.2, 0) is 20.4 Å². The topological polar surface area (TPSA) is 142 Å². The molecule has 1 aliphatic heterocycles. The van der Waals surface area contributed by atoms with Crippen LogP contribution in [0, 0.1) is 0 Å². The Labute approximate surface area is 209 Å². The van der Waals surface area contributed by atoms with E-state index >= 15 is 0 Å². The van der Waals surface area contributed by atoms with Gasteiger partial charge >= 0.3 is 5.97 Å². The molecule has 1 fully saturated rings. The third-order valence-corrected chi connectivity index (χ3v) is 7.33. The van der Waals surface area contributed by atoms with Crippen molar-refractivity contribution in [2.45, 2.75) is 43.3 Å². The maximum Gasteiger partial charge on any atom is 0.356 e. The second-order valence-electron chi connectivity index (χ2n) is 7.43. The minimum Gasteiger partial charge on any atom is -0.476 e. The Morgan fingerprint density at radius 3 is 2.73 bits per heavy atom. The molecule has 13 heteroatoms. The molecule has 1 amide bonds. The molecule has 0 bridgehead atoms. The first-order valence-electron chi connectivity index (χ1n) is 10.4. The van der Waals surface area contributed by atoms with Crippen molar-refractivity contribution in [3.05, 3.63) is 27.8 Å². The van der Waals surface area contributed by atoms with E-state index in [1.807, 2.05) is 11.8 Å². The molecule has 0 radical (unpaired) electrons. The van der Waals surface area contributed by atoms with Gasteiger partial charge in [-0.3, -0.25) is 4.79 Å². The first-order valence-corrected chi connectivity index (χ1v) is 12.7. The number of hydrogen-bond donors (Lipinski definition) is 3. The number of hydrogen-bond acceptors (Lipinski definition) is 9. The van der Waals surface area contributed by atoms with Crippen LogP contribution in [0.4, 0.5) is 5.13 Å². The molecule has 3 heterocycles. The largest absolute Gasteiger partial charge is 0.476 e. The lowest BCUT2D eigenvalue weighted by atomic mass is 10.0. The molecule has 2 aromatic heterocycles. The molecule has 33 heavy (non-hydrogen) atoms. The van der Waals surface area contributed by atoms with E-state index in [0.717, 1.165) is 22.2 Å². The predicted molar refractivity (Wildman–Crippen MR) is 133 cm³/mol. The number of carbonyl (C=O) groups is 2. The number of amides is 1. The number of rotatable bonds is 9. The van der Waals surface area contributed by atoms with Crippen molar-refractivity contribution in [3.63, 3.8) is 0 Å². The minimum atomic E-state index is -1.13. The van der Waals surface area contributed by atoms with Crippen molar-refractivity contribution >= 4 is 56.6 Å². The molecule has 180 valence electrons. The number of aryl methyl sites for hydroxylation is 1. The third kappa shape index (κ3) is 5.63. The van der Waals surface area contributed by atoms with E-state index in [2.05, 4.69) is 48.0 Å². The fourth-order valence-electron chi connectivity index (χ4n) is 3.70. The summed E-state index contributed by atoms with van der Waals surface area (Å²) in [7, 11) is 3.00. The molecule has 11 nitrogen and oxygen atoms in total. The predicted octanol–water partition coefficient (Wildman–Crippen LogP) is 2.46. The summed E-state index contributed by atoms with van der Waals surface area (Å²) in [5.41, 5.74) is 2.24. The fourth-order valence-corrected chi connectivity index (χ4v) is 5.36. The number of imidazole rings is 1. The van der Waals surface area contributed by atoms with Gasteiger partial charge in [0.1, 0.15) is 7.11 Å². The number of H-pyrrole nitrogens is 1. The van der Waals surface area contributed by atoms with E-state index in [1.54, 1.807) is 14.0 Å². The number of oxime groups is 1. The summed E-state index contributed by atoms with van der Waals surface area (Å²) in [6.45, 7) is 4.72. The molecule has 2 aromatic rings. The van der Waals surface area contributed by atoms with Crippen molar-refractivity contribution < 1.29 is 24.3 Å². The summed E-state index contributed by atoms with van der Waals surface area (Å²) in [6, 6.07) is -0.216. The molecule has 2 atom stereocenters. The van der Waals surface area contributed by atoms with Gasteiger partial charge in [0.15, 0.2) is 16.6 Å².